The lowest BCUT2D eigenvalue weighted by atomic mass is 10.0. The molecule has 0 saturated carbocycles. The van der Waals surface area contributed by atoms with Crippen LogP contribution in [0.3, 0.4) is 0 Å². The molecule has 0 spiro atoms. The van der Waals surface area contributed by atoms with Crippen molar-refractivity contribution in [2.45, 2.75) is 71.4 Å². The van der Waals surface area contributed by atoms with Crippen LogP contribution in [0.2, 0.25) is 0 Å². The average Bonchev–Trinajstić information content (AvgIpc) is 3.05. The number of hydrogen-bond donors (Lipinski definition) is 0. The number of para-hydroxylation sites is 1. The molecular formula is C23H28O12. The Labute approximate surface area is 201 Å². The van der Waals surface area contributed by atoms with Crippen LogP contribution < -0.4 is 4.74 Å². The molecule has 0 aliphatic carbocycles. The van der Waals surface area contributed by atoms with Crippen molar-refractivity contribution in [1.29, 1.82) is 0 Å². The van der Waals surface area contributed by atoms with Crippen molar-refractivity contribution in [3.05, 3.63) is 30.3 Å². The van der Waals surface area contributed by atoms with Crippen LogP contribution in [0.4, 0.5) is 0 Å². The highest BCUT2D eigenvalue weighted by molar-refractivity contribution is 5.69. The SMILES string of the molecule is CC(=O)OCC(OC(C)=O)C(OC(C)=O)C1OC(Oc2ccccc2)C(OC(C)=O)C1OC(C)=O. The van der Waals surface area contributed by atoms with Gasteiger partial charge in [-0.3, -0.25) is 24.0 Å². The second-order valence-electron chi connectivity index (χ2n) is 7.57. The molecule has 1 aliphatic heterocycles. The summed E-state index contributed by atoms with van der Waals surface area (Å²) in [6, 6.07) is 8.39. The van der Waals surface area contributed by atoms with E-state index < -0.39 is 73.3 Å². The van der Waals surface area contributed by atoms with Crippen molar-refractivity contribution in [3.63, 3.8) is 0 Å². The summed E-state index contributed by atoms with van der Waals surface area (Å²) in [5, 5.41) is 0. The molecule has 1 saturated heterocycles. The van der Waals surface area contributed by atoms with Crippen molar-refractivity contribution < 1.29 is 57.1 Å². The molecule has 0 amide bonds. The first-order valence-electron chi connectivity index (χ1n) is 10.7. The highest BCUT2D eigenvalue weighted by Crippen LogP contribution is 2.33. The third-order valence-electron chi connectivity index (χ3n) is 4.57. The molecule has 1 aromatic carbocycles. The van der Waals surface area contributed by atoms with Crippen LogP contribution in [0.15, 0.2) is 30.3 Å². The van der Waals surface area contributed by atoms with Gasteiger partial charge in [-0.05, 0) is 12.1 Å². The first kappa shape index (κ1) is 27.6. The Kier molecular flexibility index (Phi) is 10.0. The molecule has 1 fully saturated rings. The number of carbonyl (C=O) groups is 5. The van der Waals surface area contributed by atoms with Gasteiger partial charge in [0.1, 0.15) is 18.5 Å². The molecule has 6 unspecified atom stereocenters. The Hall–Kier alpha value is -3.67. The lowest BCUT2D eigenvalue weighted by molar-refractivity contribution is -0.198. The Morgan fingerprint density at radius 2 is 1.34 bits per heavy atom. The van der Waals surface area contributed by atoms with Crippen molar-refractivity contribution in [3.8, 4) is 5.75 Å². The summed E-state index contributed by atoms with van der Waals surface area (Å²) in [7, 11) is 0. The average molecular weight is 496 g/mol. The predicted molar refractivity (Wildman–Crippen MR) is 115 cm³/mol. The molecule has 35 heavy (non-hydrogen) atoms. The van der Waals surface area contributed by atoms with Gasteiger partial charge in [0.2, 0.25) is 12.4 Å². The third kappa shape index (κ3) is 8.56. The minimum Gasteiger partial charge on any atom is -0.462 e. The molecule has 1 aromatic rings. The van der Waals surface area contributed by atoms with Crippen molar-refractivity contribution in [2.75, 3.05) is 6.61 Å². The highest BCUT2D eigenvalue weighted by Gasteiger charge is 2.56. The maximum absolute atomic E-state index is 11.9. The molecule has 192 valence electrons. The van der Waals surface area contributed by atoms with Crippen LogP contribution in [-0.2, 0) is 52.4 Å². The largest absolute Gasteiger partial charge is 0.462 e. The minimum atomic E-state index is -1.44. The van der Waals surface area contributed by atoms with Gasteiger partial charge in [-0.15, -0.1) is 0 Å². The van der Waals surface area contributed by atoms with Crippen LogP contribution in [0.5, 0.6) is 5.75 Å². The van der Waals surface area contributed by atoms with Gasteiger partial charge in [0.25, 0.3) is 0 Å². The fourth-order valence-electron chi connectivity index (χ4n) is 3.44. The fraction of sp³-hybridized carbons (Fsp3) is 0.522. The van der Waals surface area contributed by atoms with Gasteiger partial charge >= 0.3 is 29.8 Å². The second-order valence-corrected chi connectivity index (χ2v) is 7.57. The van der Waals surface area contributed by atoms with E-state index in [1.807, 2.05) is 0 Å². The normalized spacial score (nSPS) is 22.8. The molecule has 0 aromatic heterocycles. The fourth-order valence-corrected chi connectivity index (χ4v) is 3.44. The first-order valence-corrected chi connectivity index (χ1v) is 10.7. The Balaban J connectivity index is 2.50. The van der Waals surface area contributed by atoms with E-state index in [9.17, 15) is 24.0 Å². The van der Waals surface area contributed by atoms with Gasteiger partial charge < -0.3 is 33.2 Å². The molecule has 0 N–H and O–H groups in total. The van der Waals surface area contributed by atoms with Gasteiger partial charge in [-0.2, -0.15) is 0 Å². The van der Waals surface area contributed by atoms with E-state index in [4.69, 9.17) is 33.2 Å². The lowest BCUT2D eigenvalue weighted by Gasteiger charge is -2.32. The maximum Gasteiger partial charge on any atom is 0.303 e. The molecule has 0 radical (unpaired) electrons. The minimum absolute atomic E-state index is 0.345. The molecular weight excluding hydrogens is 468 g/mol. The van der Waals surface area contributed by atoms with Gasteiger partial charge in [0.15, 0.2) is 18.3 Å². The summed E-state index contributed by atoms with van der Waals surface area (Å²) >= 11 is 0. The van der Waals surface area contributed by atoms with E-state index in [1.54, 1.807) is 30.3 Å². The third-order valence-corrected chi connectivity index (χ3v) is 4.57. The Morgan fingerprint density at radius 1 is 0.771 bits per heavy atom. The summed E-state index contributed by atoms with van der Waals surface area (Å²) in [6.07, 6.45) is -8.07. The van der Waals surface area contributed by atoms with Gasteiger partial charge in [-0.1, -0.05) is 18.2 Å². The van der Waals surface area contributed by atoms with E-state index in [1.165, 1.54) is 0 Å². The van der Waals surface area contributed by atoms with Crippen LogP contribution >= 0.6 is 0 Å². The van der Waals surface area contributed by atoms with Crippen LogP contribution in [0.25, 0.3) is 0 Å². The number of hydrogen-bond acceptors (Lipinski definition) is 12. The molecule has 1 aliphatic rings. The zero-order valence-corrected chi connectivity index (χ0v) is 20.0. The Morgan fingerprint density at radius 3 is 1.86 bits per heavy atom. The molecule has 6 atom stereocenters. The highest BCUT2D eigenvalue weighted by atomic mass is 16.7. The van der Waals surface area contributed by atoms with Crippen molar-refractivity contribution >= 4 is 29.8 Å². The van der Waals surface area contributed by atoms with Crippen LogP contribution in [0.1, 0.15) is 34.6 Å². The van der Waals surface area contributed by atoms with E-state index >= 15 is 0 Å². The number of benzene rings is 1. The Bertz CT molecular complexity index is 914. The standard InChI is InChI=1S/C23H28O12/c1-12(24)29-11-18(30-13(2)25)19(31-14(3)26)20-21(32-15(4)27)22(33-16(5)28)23(35-20)34-17-9-7-6-8-10-17/h6-10,18-23H,11H2,1-5H3. The molecule has 12 nitrogen and oxygen atoms in total. The molecule has 1 heterocycles. The second kappa shape index (κ2) is 12.7. The summed E-state index contributed by atoms with van der Waals surface area (Å²) in [5.41, 5.74) is 0. The van der Waals surface area contributed by atoms with E-state index in [0.29, 0.717) is 5.75 Å². The van der Waals surface area contributed by atoms with Gasteiger partial charge in [0.05, 0.1) is 0 Å². The van der Waals surface area contributed by atoms with Crippen LogP contribution in [0, 0.1) is 0 Å². The van der Waals surface area contributed by atoms with E-state index in [0.717, 1.165) is 34.6 Å². The number of ether oxygens (including phenoxy) is 7. The zero-order chi connectivity index (χ0) is 26.1. The van der Waals surface area contributed by atoms with E-state index in [-0.39, 0.29) is 0 Å². The number of esters is 5. The molecule has 0 bridgehead atoms. The summed E-state index contributed by atoms with van der Waals surface area (Å²) < 4.78 is 38.1. The van der Waals surface area contributed by atoms with Crippen molar-refractivity contribution in [2.24, 2.45) is 0 Å². The summed E-state index contributed by atoms with van der Waals surface area (Å²) in [6.45, 7) is 5.11. The predicted octanol–water partition coefficient (Wildman–Crippen LogP) is 1.08. The van der Waals surface area contributed by atoms with Gasteiger partial charge in [-0.25, -0.2) is 0 Å². The number of carbonyl (C=O) groups excluding carboxylic acids is 5. The zero-order valence-electron chi connectivity index (χ0n) is 20.0. The quantitative estimate of drug-likeness (QED) is 0.337. The smallest absolute Gasteiger partial charge is 0.303 e. The molecule has 12 heteroatoms. The topological polar surface area (TPSA) is 150 Å². The van der Waals surface area contributed by atoms with Gasteiger partial charge in [0, 0.05) is 34.6 Å². The summed E-state index contributed by atoms with van der Waals surface area (Å²) in [5.74, 6) is -3.38. The summed E-state index contributed by atoms with van der Waals surface area (Å²) in [4.78, 5) is 58.9. The molecule has 2 rings (SSSR count). The monoisotopic (exact) mass is 496 g/mol. The maximum atomic E-state index is 11.9. The van der Waals surface area contributed by atoms with E-state index in [2.05, 4.69) is 0 Å². The first-order chi connectivity index (χ1) is 16.5. The van der Waals surface area contributed by atoms with Crippen LogP contribution in [-0.4, -0.2) is 73.3 Å². The number of rotatable bonds is 10. The lowest BCUT2D eigenvalue weighted by Crippen LogP contribution is -2.52. The van der Waals surface area contributed by atoms with Crippen molar-refractivity contribution in [1.82, 2.24) is 0 Å².